The first kappa shape index (κ1) is 11.5. The van der Waals surface area contributed by atoms with Crippen LogP contribution in [0.3, 0.4) is 0 Å². The van der Waals surface area contributed by atoms with Gasteiger partial charge in [-0.3, -0.25) is 4.99 Å². The second kappa shape index (κ2) is 4.09. The Morgan fingerprint density at radius 2 is 2.21 bits per heavy atom. The van der Waals surface area contributed by atoms with Crippen molar-refractivity contribution >= 4 is 28.2 Å². The van der Waals surface area contributed by atoms with Crippen LogP contribution in [0.4, 0.5) is 0 Å². The molecule has 0 amide bonds. The molecule has 0 bridgehead atoms. The Balaban J connectivity index is 2.11. The third kappa shape index (κ3) is 1.65. The Hall–Kier alpha value is -1.32. The number of aromatic nitrogens is 1. The summed E-state index contributed by atoms with van der Waals surface area (Å²) in [4.78, 5) is 4.61. The molecule has 4 rings (SSSR count). The maximum absolute atomic E-state index is 10.0. The Labute approximate surface area is 116 Å². The van der Waals surface area contributed by atoms with E-state index in [1.54, 1.807) is 0 Å². The van der Waals surface area contributed by atoms with Crippen molar-refractivity contribution in [1.82, 2.24) is 4.57 Å². The molecule has 1 N–H and O–H groups in total. The molecule has 1 aliphatic carbocycles. The number of rotatable bonds is 0. The molecule has 0 radical (unpaired) electrons. The lowest BCUT2D eigenvalue weighted by Gasteiger charge is -2.16. The predicted molar refractivity (Wildman–Crippen MR) is 77.3 cm³/mol. The van der Waals surface area contributed by atoms with Gasteiger partial charge in [0.2, 0.25) is 0 Å². The van der Waals surface area contributed by atoms with Gasteiger partial charge >= 0.3 is 0 Å². The highest BCUT2D eigenvalue weighted by Gasteiger charge is 2.27. The van der Waals surface area contributed by atoms with E-state index in [9.17, 15) is 5.11 Å². The van der Waals surface area contributed by atoms with Crippen molar-refractivity contribution in [2.75, 3.05) is 6.54 Å². The van der Waals surface area contributed by atoms with Gasteiger partial charge < -0.3 is 9.67 Å². The van der Waals surface area contributed by atoms with E-state index in [0.717, 1.165) is 35.5 Å². The molecule has 2 heterocycles. The van der Waals surface area contributed by atoms with Gasteiger partial charge in [-0.25, -0.2) is 0 Å². The third-order valence-corrected chi connectivity index (χ3v) is 4.37. The molecule has 2 aliphatic rings. The molecular formula is C15H15ClN2O. The number of halogens is 1. The van der Waals surface area contributed by atoms with Crippen LogP contribution in [-0.4, -0.2) is 28.0 Å². The molecule has 0 saturated carbocycles. The lowest BCUT2D eigenvalue weighted by molar-refractivity contribution is 0.166. The number of aliphatic hydroxyl groups excluding tert-OH is 1. The maximum Gasteiger partial charge on any atom is 0.0914 e. The molecule has 0 spiro atoms. The molecule has 1 aliphatic heterocycles. The number of benzene rings is 1. The molecule has 98 valence electrons. The zero-order valence-electron chi connectivity index (χ0n) is 10.6. The van der Waals surface area contributed by atoms with E-state index in [1.807, 2.05) is 12.1 Å². The topological polar surface area (TPSA) is 37.5 Å². The van der Waals surface area contributed by atoms with E-state index < -0.39 is 6.10 Å². The SMILES string of the molecule is O[C@@H]1CN=C2CCCc3c2n(c2cc(Cl)ccc32)C1. The molecule has 4 heteroatoms. The zero-order chi connectivity index (χ0) is 13.0. The van der Waals surface area contributed by atoms with Gasteiger partial charge in [0.15, 0.2) is 0 Å². The van der Waals surface area contributed by atoms with Crippen molar-refractivity contribution in [3.8, 4) is 0 Å². The number of aliphatic hydroxyl groups is 1. The van der Waals surface area contributed by atoms with Gasteiger partial charge in [0.1, 0.15) is 0 Å². The number of hydrogen-bond donors (Lipinski definition) is 1. The summed E-state index contributed by atoms with van der Waals surface area (Å²) in [6.07, 6.45) is 2.85. The normalized spacial score (nSPS) is 22.0. The average Bonchev–Trinajstić information content (AvgIpc) is 2.60. The summed E-state index contributed by atoms with van der Waals surface area (Å²) in [5.74, 6) is 0. The van der Waals surface area contributed by atoms with Crippen molar-refractivity contribution < 1.29 is 5.11 Å². The van der Waals surface area contributed by atoms with Gasteiger partial charge in [-0.05, 0) is 37.0 Å². The average molecular weight is 275 g/mol. The van der Waals surface area contributed by atoms with E-state index in [-0.39, 0.29) is 0 Å². The summed E-state index contributed by atoms with van der Waals surface area (Å²) in [5, 5.41) is 12.1. The standard InChI is InChI=1S/C15H15ClN2O/c16-9-4-5-11-12-2-1-3-13-15(12)18(14(11)6-9)8-10(19)7-17-13/h4-6,10,19H,1-3,7-8H2/t10-/m1/s1. The van der Waals surface area contributed by atoms with Gasteiger partial charge in [-0.2, -0.15) is 0 Å². The van der Waals surface area contributed by atoms with Crippen LogP contribution < -0.4 is 0 Å². The summed E-state index contributed by atoms with van der Waals surface area (Å²) in [5.41, 5.74) is 4.91. The van der Waals surface area contributed by atoms with Crippen molar-refractivity contribution in [2.24, 2.45) is 4.99 Å². The Kier molecular flexibility index (Phi) is 2.47. The van der Waals surface area contributed by atoms with E-state index in [2.05, 4.69) is 15.6 Å². The van der Waals surface area contributed by atoms with Gasteiger partial charge in [0.05, 0.1) is 36.1 Å². The second-order valence-electron chi connectivity index (χ2n) is 5.39. The molecule has 19 heavy (non-hydrogen) atoms. The fourth-order valence-corrected chi connectivity index (χ4v) is 3.52. The molecule has 0 fully saturated rings. The van der Waals surface area contributed by atoms with Crippen LogP contribution in [0.5, 0.6) is 0 Å². The number of hydrogen-bond acceptors (Lipinski definition) is 2. The highest BCUT2D eigenvalue weighted by Crippen LogP contribution is 2.35. The maximum atomic E-state index is 10.0. The fourth-order valence-electron chi connectivity index (χ4n) is 3.36. The highest BCUT2D eigenvalue weighted by atomic mass is 35.5. The minimum absolute atomic E-state index is 0.406. The first-order chi connectivity index (χ1) is 9.24. The van der Waals surface area contributed by atoms with Crippen molar-refractivity contribution in [3.63, 3.8) is 0 Å². The molecule has 2 aromatic rings. The minimum atomic E-state index is -0.406. The molecule has 1 aromatic heterocycles. The van der Waals surface area contributed by atoms with E-state index >= 15 is 0 Å². The largest absolute Gasteiger partial charge is 0.389 e. The Morgan fingerprint density at radius 3 is 3.11 bits per heavy atom. The summed E-state index contributed by atoms with van der Waals surface area (Å²) in [6, 6.07) is 6.05. The smallest absolute Gasteiger partial charge is 0.0914 e. The van der Waals surface area contributed by atoms with Crippen LogP contribution in [0.2, 0.25) is 5.02 Å². The van der Waals surface area contributed by atoms with Crippen molar-refractivity contribution in [1.29, 1.82) is 0 Å². The molecular weight excluding hydrogens is 260 g/mol. The number of aryl methyl sites for hydroxylation is 1. The van der Waals surface area contributed by atoms with Gasteiger partial charge in [-0.15, -0.1) is 0 Å². The molecule has 0 unspecified atom stereocenters. The molecule has 0 saturated heterocycles. The Bertz CT molecular complexity index is 702. The molecule has 1 atom stereocenters. The number of aliphatic imine (C=N–C) groups is 1. The summed E-state index contributed by atoms with van der Waals surface area (Å²) in [6.45, 7) is 1.12. The first-order valence-electron chi connectivity index (χ1n) is 6.76. The second-order valence-corrected chi connectivity index (χ2v) is 5.83. The predicted octanol–water partition coefficient (Wildman–Crippen LogP) is 2.79. The van der Waals surface area contributed by atoms with Crippen LogP contribution in [0, 0.1) is 0 Å². The summed E-state index contributed by atoms with van der Waals surface area (Å²) >= 11 is 6.14. The van der Waals surface area contributed by atoms with Crippen LogP contribution in [0.15, 0.2) is 23.2 Å². The molecule has 1 aromatic carbocycles. The van der Waals surface area contributed by atoms with Gasteiger partial charge in [0.25, 0.3) is 0 Å². The number of fused-ring (bicyclic) bond motifs is 3. The van der Waals surface area contributed by atoms with Crippen LogP contribution in [0.25, 0.3) is 10.9 Å². The van der Waals surface area contributed by atoms with Gasteiger partial charge in [-0.1, -0.05) is 17.7 Å². The van der Waals surface area contributed by atoms with Crippen molar-refractivity contribution in [2.45, 2.75) is 31.9 Å². The zero-order valence-corrected chi connectivity index (χ0v) is 11.3. The van der Waals surface area contributed by atoms with E-state index in [1.165, 1.54) is 16.6 Å². The third-order valence-electron chi connectivity index (χ3n) is 4.13. The summed E-state index contributed by atoms with van der Waals surface area (Å²) < 4.78 is 2.21. The minimum Gasteiger partial charge on any atom is -0.389 e. The lowest BCUT2D eigenvalue weighted by Crippen LogP contribution is -2.18. The highest BCUT2D eigenvalue weighted by molar-refractivity contribution is 6.31. The fraction of sp³-hybridized carbons (Fsp3) is 0.400. The van der Waals surface area contributed by atoms with Crippen molar-refractivity contribution in [3.05, 3.63) is 34.5 Å². The van der Waals surface area contributed by atoms with E-state index in [4.69, 9.17) is 11.6 Å². The van der Waals surface area contributed by atoms with E-state index in [0.29, 0.717) is 13.1 Å². The Morgan fingerprint density at radius 1 is 1.32 bits per heavy atom. The lowest BCUT2D eigenvalue weighted by atomic mass is 9.94. The van der Waals surface area contributed by atoms with Crippen LogP contribution >= 0.6 is 11.6 Å². The summed E-state index contributed by atoms with van der Waals surface area (Å²) in [7, 11) is 0. The molecule has 3 nitrogen and oxygen atoms in total. The van der Waals surface area contributed by atoms with Crippen LogP contribution in [-0.2, 0) is 13.0 Å². The van der Waals surface area contributed by atoms with Crippen LogP contribution in [0.1, 0.15) is 24.1 Å². The van der Waals surface area contributed by atoms with Gasteiger partial charge in [0, 0.05) is 10.4 Å². The monoisotopic (exact) mass is 274 g/mol. The first-order valence-corrected chi connectivity index (χ1v) is 7.14. The number of nitrogens with zero attached hydrogens (tertiary/aromatic N) is 2. The quantitative estimate of drug-likeness (QED) is 0.788.